The number of hydrogen-bond donors (Lipinski definition) is 1. The fourth-order valence-corrected chi connectivity index (χ4v) is 3.81. The molecule has 0 spiro atoms. The van der Waals surface area contributed by atoms with Crippen LogP contribution in [0.1, 0.15) is 31.1 Å². The first-order valence-electron chi connectivity index (χ1n) is 7.93. The van der Waals surface area contributed by atoms with E-state index in [1.807, 2.05) is 35.2 Å². The summed E-state index contributed by atoms with van der Waals surface area (Å²) in [6, 6.07) is 13.6. The number of carbonyl (C=O) groups is 1. The van der Waals surface area contributed by atoms with Crippen molar-refractivity contribution in [2.75, 3.05) is 12.3 Å². The number of likely N-dealkylation sites (tertiary alicyclic amines) is 1. The molecule has 2 unspecified atom stereocenters. The minimum atomic E-state index is -0.648. The van der Waals surface area contributed by atoms with Gasteiger partial charge in [0.05, 0.1) is 12.0 Å². The fourth-order valence-electron chi connectivity index (χ4n) is 3.01. The molecule has 2 aromatic rings. The van der Waals surface area contributed by atoms with Gasteiger partial charge in [-0.15, -0.1) is 11.8 Å². The van der Waals surface area contributed by atoms with Crippen molar-refractivity contribution in [3.63, 3.8) is 0 Å². The highest BCUT2D eigenvalue weighted by atomic mass is 32.2. The zero-order valence-corrected chi connectivity index (χ0v) is 13.7. The van der Waals surface area contributed by atoms with Crippen LogP contribution in [0.3, 0.4) is 0 Å². The number of thioether (sulfide) groups is 1. The van der Waals surface area contributed by atoms with E-state index in [4.69, 9.17) is 4.42 Å². The number of aliphatic hydroxyl groups excluding tert-OH is 1. The third kappa shape index (κ3) is 4.18. The third-order valence-electron chi connectivity index (χ3n) is 4.17. The molecule has 0 bridgehead atoms. The Morgan fingerprint density at radius 2 is 2.13 bits per heavy atom. The second-order valence-electron chi connectivity index (χ2n) is 5.75. The molecule has 1 N–H and O–H groups in total. The lowest BCUT2D eigenvalue weighted by atomic mass is 10.1. The van der Waals surface area contributed by atoms with Gasteiger partial charge in [0.25, 0.3) is 0 Å². The molecule has 2 atom stereocenters. The number of carbonyl (C=O) groups excluding carboxylic acids is 1. The van der Waals surface area contributed by atoms with Gasteiger partial charge in [-0.1, -0.05) is 18.2 Å². The van der Waals surface area contributed by atoms with E-state index in [2.05, 4.69) is 0 Å². The lowest BCUT2D eigenvalue weighted by Gasteiger charge is -2.26. The molecule has 1 saturated heterocycles. The van der Waals surface area contributed by atoms with Gasteiger partial charge >= 0.3 is 0 Å². The summed E-state index contributed by atoms with van der Waals surface area (Å²) in [4.78, 5) is 15.5. The summed E-state index contributed by atoms with van der Waals surface area (Å²) in [7, 11) is 0. The highest BCUT2D eigenvalue weighted by molar-refractivity contribution is 8.00. The molecule has 0 aliphatic carbocycles. The molecule has 23 heavy (non-hydrogen) atoms. The number of aliphatic hydroxyl groups is 1. The Bertz CT molecular complexity index is 614. The van der Waals surface area contributed by atoms with E-state index in [1.165, 1.54) is 0 Å². The van der Waals surface area contributed by atoms with Gasteiger partial charge in [-0.2, -0.15) is 0 Å². The second kappa shape index (κ2) is 7.70. The van der Waals surface area contributed by atoms with E-state index in [-0.39, 0.29) is 11.9 Å². The first-order valence-corrected chi connectivity index (χ1v) is 8.91. The van der Waals surface area contributed by atoms with Crippen molar-refractivity contribution in [3.8, 4) is 0 Å². The van der Waals surface area contributed by atoms with E-state index in [1.54, 1.807) is 30.2 Å². The molecule has 1 aliphatic rings. The van der Waals surface area contributed by atoms with Crippen molar-refractivity contribution >= 4 is 17.7 Å². The number of hydrogen-bond acceptors (Lipinski definition) is 4. The molecule has 0 radical (unpaired) electrons. The van der Waals surface area contributed by atoms with Crippen molar-refractivity contribution < 1.29 is 14.3 Å². The Labute approximate surface area is 140 Å². The lowest BCUT2D eigenvalue weighted by molar-refractivity contribution is -0.129. The predicted molar refractivity (Wildman–Crippen MR) is 90.2 cm³/mol. The molecule has 4 nitrogen and oxygen atoms in total. The maximum absolute atomic E-state index is 12.5. The van der Waals surface area contributed by atoms with Gasteiger partial charge in [0.2, 0.25) is 5.91 Å². The molecule has 1 aromatic carbocycles. The summed E-state index contributed by atoms with van der Waals surface area (Å²) in [5.74, 6) is 1.16. The van der Waals surface area contributed by atoms with Crippen LogP contribution in [-0.4, -0.2) is 34.3 Å². The van der Waals surface area contributed by atoms with Gasteiger partial charge in [0.1, 0.15) is 11.9 Å². The summed E-state index contributed by atoms with van der Waals surface area (Å²) in [6.45, 7) is 0.781. The van der Waals surface area contributed by atoms with Gasteiger partial charge in [-0.05, 0) is 37.1 Å². The molecule has 2 heterocycles. The summed E-state index contributed by atoms with van der Waals surface area (Å²) in [5.41, 5.74) is 0. The van der Waals surface area contributed by atoms with Crippen LogP contribution in [0.2, 0.25) is 0 Å². The van der Waals surface area contributed by atoms with Crippen LogP contribution in [-0.2, 0) is 4.79 Å². The Balaban J connectivity index is 1.54. The van der Waals surface area contributed by atoms with Crippen LogP contribution in [0.25, 0.3) is 0 Å². The van der Waals surface area contributed by atoms with Crippen molar-refractivity contribution in [2.45, 2.75) is 36.3 Å². The molecule has 1 aromatic heterocycles. The topological polar surface area (TPSA) is 53.7 Å². The molecule has 0 saturated carbocycles. The van der Waals surface area contributed by atoms with Crippen LogP contribution in [0.15, 0.2) is 58.0 Å². The SMILES string of the molecule is O=C(CSc1ccccc1)N1CCCC1CC(O)c1ccco1. The van der Waals surface area contributed by atoms with Crippen molar-refractivity contribution in [1.82, 2.24) is 4.90 Å². The Morgan fingerprint density at radius 3 is 2.87 bits per heavy atom. The molecule has 3 rings (SSSR count). The molecule has 1 amide bonds. The van der Waals surface area contributed by atoms with Crippen LogP contribution < -0.4 is 0 Å². The zero-order valence-electron chi connectivity index (χ0n) is 12.9. The highest BCUT2D eigenvalue weighted by Gasteiger charge is 2.31. The number of nitrogens with zero attached hydrogens (tertiary/aromatic N) is 1. The van der Waals surface area contributed by atoms with E-state index in [9.17, 15) is 9.90 Å². The smallest absolute Gasteiger partial charge is 0.233 e. The summed E-state index contributed by atoms with van der Waals surface area (Å²) < 4.78 is 5.25. The first kappa shape index (κ1) is 16.1. The predicted octanol–water partition coefficient (Wildman–Crippen LogP) is 3.49. The molecule has 1 fully saturated rings. The minimum Gasteiger partial charge on any atom is -0.467 e. The fraction of sp³-hybridized carbons (Fsp3) is 0.389. The van der Waals surface area contributed by atoms with Gasteiger partial charge in [0, 0.05) is 23.9 Å². The maximum atomic E-state index is 12.5. The third-order valence-corrected chi connectivity index (χ3v) is 5.17. The van der Waals surface area contributed by atoms with Crippen molar-refractivity contribution in [2.24, 2.45) is 0 Å². The molecule has 1 aliphatic heterocycles. The van der Waals surface area contributed by atoms with Crippen LogP contribution in [0.5, 0.6) is 0 Å². The maximum Gasteiger partial charge on any atom is 0.233 e. The minimum absolute atomic E-state index is 0.0963. The van der Waals surface area contributed by atoms with E-state index >= 15 is 0 Å². The average Bonchev–Trinajstić information content (AvgIpc) is 3.25. The second-order valence-corrected chi connectivity index (χ2v) is 6.80. The van der Waals surface area contributed by atoms with E-state index in [0.717, 1.165) is 24.3 Å². The lowest BCUT2D eigenvalue weighted by Crippen LogP contribution is -2.37. The molecular weight excluding hydrogens is 310 g/mol. The number of amides is 1. The Hall–Kier alpha value is -1.72. The quantitative estimate of drug-likeness (QED) is 0.823. The largest absolute Gasteiger partial charge is 0.467 e. The van der Waals surface area contributed by atoms with Crippen molar-refractivity contribution in [1.29, 1.82) is 0 Å². The van der Waals surface area contributed by atoms with Crippen LogP contribution in [0.4, 0.5) is 0 Å². The summed E-state index contributed by atoms with van der Waals surface area (Å²) in [6.07, 6.45) is 3.39. The highest BCUT2D eigenvalue weighted by Crippen LogP contribution is 2.28. The monoisotopic (exact) mass is 331 g/mol. The number of benzene rings is 1. The Kier molecular flexibility index (Phi) is 5.41. The normalized spacial score (nSPS) is 19.0. The first-order chi connectivity index (χ1) is 11.2. The zero-order chi connectivity index (χ0) is 16.1. The standard InChI is InChI=1S/C18H21NO3S/c20-16(17-9-5-11-22-17)12-14-6-4-10-19(14)18(21)13-23-15-7-2-1-3-8-15/h1-3,5,7-9,11,14,16,20H,4,6,10,12-13H2. The van der Waals surface area contributed by atoms with E-state index in [0.29, 0.717) is 17.9 Å². The van der Waals surface area contributed by atoms with Gasteiger partial charge < -0.3 is 14.4 Å². The molecular formula is C18H21NO3S. The van der Waals surface area contributed by atoms with Crippen molar-refractivity contribution in [3.05, 3.63) is 54.5 Å². The van der Waals surface area contributed by atoms with Gasteiger partial charge in [-0.25, -0.2) is 0 Å². The number of furan rings is 1. The summed E-state index contributed by atoms with van der Waals surface area (Å²) >= 11 is 1.56. The van der Waals surface area contributed by atoms with Gasteiger partial charge in [-0.3, -0.25) is 4.79 Å². The average molecular weight is 331 g/mol. The molecule has 122 valence electrons. The molecule has 5 heteroatoms. The Morgan fingerprint density at radius 1 is 1.30 bits per heavy atom. The van der Waals surface area contributed by atoms with Crippen LogP contribution in [0, 0.1) is 0 Å². The van der Waals surface area contributed by atoms with Crippen LogP contribution >= 0.6 is 11.8 Å². The summed E-state index contributed by atoms with van der Waals surface area (Å²) in [5, 5.41) is 10.2. The number of rotatable bonds is 6. The van der Waals surface area contributed by atoms with E-state index < -0.39 is 6.10 Å². The van der Waals surface area contributed by atoms with Gasteiger partial charge in [0.15, 0.2) is 0 Å².